The highest BCUT2D eigenvalue weighted by Crippen LogP contribution is 2.34. The fourth-order valence-corrected chi connectivity index (χ4v) is 4.43. The van der Waals surface area contributed by atoms with Crippen molar-refractivity contribution < 1.29 is 34.0 Å². The van der Waals surface area contributed by atoms with Gasteiger partial charge in [0.05, 0.1) is 32.5 Å². The lowest BCUT2D eigenvalue weighted by Crippen LogP contribution is -2.46. The molecule has 3 aromatic carbocycles. The van der Waals surface area contributed by atoms with Gasteiger partial charge in [-0.15, -0.1) is 0 Å². The van der Waals surface area contributed by atoms with Crippen LogP contribution in [-0.4, -0.2) is 67.5 Å². The van der Waals surface area contributed by atoms with Crippen LogP contribution in [0.4, 0.5) is 4.79 Å². The molecule has 0 radical (unpaired) electrons. The molecule has 8 nitrogen and oxygen atoms in total. The van der Waals surface area contributed by atoms with Gasteiger partial charge < -0.3 is 34.1 Å². The first-order chi connectivity index (χ1) is 17.1. The highest BCUT2D eigenvalue weighted by Gasteiger charge is 2.33. The summed E-state index contributed by atoms with van der Waals surface area (Å²) >= 11 is 0. The van der Waals surface area contributed by atoms with Crippen molar-refractivity contribution in [2.24, 2.45) is 0 Å². The van der Waals surface area contributed by atoms with Crippen LogP contribution in [0.25, 0.3) is 10.8 Å². The van der Waals surface area contributed by atoms with E-state index in [2.05, 4.69) is 0 Å². The van der Waals surface area contributed by atoms with E-state index in [0.29, 0.717) is 31.9 Å². The van der Waals surface area contributed by atoms with Crippen molar-refractivity contribution in [3.8, 4) is 11.5 Å². The van der Waals surface area contributed by atoms with Crippen molar-refractivity contribution in [3.63, 3.8) is 0 Å². The predicted molar refractivity (Wildman–Crippen MR) is 131 cm³/mol. The molecule has 0 aliphatic carbocycles. The average Bonchev–Trinajstić information content (AvgIpc) is 2.88. The van der Waals surface area contributed by atoms with Crippen molar-refractivity contribution >= 4 is 16.9 Å². The van der Waals surface area contributed by atoms with Crippen molar-refractivity contribution in [2.45, 2.75) is 25.0 Å². The van der Waals surface area contributed by atoms with Gasteiger partial charge in [0.1, 0.15) is 11.5 Å². The summed E-state index contributed by atoms with van der Waals surface area (Å²) < 4.78 is 22.9. The number of phenolic OH excluding ortho intramolecular Hbond substituents is 1. The molecule has 1 saturated heterocycles. The van der Waals surface area contributed by atoms with Crippen LogP contribution >= 0.6 is 0 Å². The summed E-state index contributed by atoms with van der Waals surface area (Å²) in [5.74, 6) is 0.890. The van der Waals surface area contributed by atoms with Gasteiger partial charge in [0.25, 0.3) is 0 Å². The minimum atomic E-state index is -0.953. The van der Waals surface area contributed by atoms with E-state index >= 15 is 0 Å². The minimum Gasteiger partial charge on any atom is -0.508 e. The first-order valence-electron chi connectivity index (χ1n) is 11.7. The number of rotatable bonds is 10. The molecular weight excluding hydrogens is 450 g/mol. The Hall–Kier alpha value is -3.33. The first-order valence-corrected chi connectivity index (χ1v) is 11.7. The molecule has 2 atom stereocenters. The van der Waals surface area contributed by atoms with Crippen LogP contribution < -0.4 is 4.74 Å². The number of hydrogen-bond acceptors (Lipinski definition) is 6. The number of amides is 1. The summed E-state index contributed by atoms with van der Waals surface area (Å²) in [6.07, 6.45) is -0.664. The largest absolute Gasteiger partial charge is 0.508 e. The topological polar surface area (TPSA) is 97.7 Å². The van der Waals surface area contributed by atoms with Crippen LogP contribution in [0, 0.1) is 0 Å². The zero-order chi connectivity index (χ0) is 24.6. The molecule has 186 valence electrons. The Morgan fingerprint density at radius 3 is 2.63 bits per heavy atom. The number of piperidine rings is 1. The molecule has 35 heavy (non-hydrogen) atoms. The molecule has 1 heterocycles. The SMILES string of the molecule is COCCOCOc1c(COC2CN(C(=O)O)CCC2c2ccc(O)cc2)ccc2ccccc12. The van der Waals surface area contributed by atoms with Crippen molar-refractivity contribution in [1.82, 2.24) is 4.90 Å². The lowest BCUT2D eigenvalue weighted by molar-refractivity contribution is -0.0247. The summed E-state index contributed by atoms with van der Waals surface area (Å²) in [5, 5.41) is 21.2. The third kappa shape index (κ3) is 6.22. The summed E-state index contributed by atoms with van der Waals surface area (Å²) in [5.41, 5.74) is 1.87. The fraction of sp³-hybridized carbons (Fsp3) is 0.370. The van der Waals surface area contributed by atoms with E-state index in [9.17, 15) is 15.0 Å². The van der Waals surface area contributed by atoms with Crippen LogP contribution in [0.15, 0.2) is 60.7 Å². The second-order valence-corrected chi connectivity index (χ2v) is 8.50. The Morgan fingerprint density at radius 1 is 1.06 bits per heavy atom. The number of benzene rings is 3. The second-order valence-electron chi connectivity index (χ2n) is 8.50. The van der Waals surface area contributed by atoms with Gasteiger partial charge in [0.2, 0.25) is 0 Å². The van der Waals surface area contributed by atoms with Crippen LogP contribution in [0.5, 0.6) is 11.5 Å². The molecule has 1 aliphatic heterocycles. The molecule has 0 bridgehead atoms. The lowest BCUT2D eigenvalue weighted by atomic mass is 9.87. The van der Waals surface area contributed by atoms with Gasteiger partial charge in [-0.2, -0.15) is 0 Å². The van der Waals surface area contributed by atoms with E-state index in [1.54, 1.807) is 19.2 Å². The molecule has 1 aliphatic rings. The maximum Gasteiger partial charge on any atom is 0.407 e. The number of carboxylic acid groups (broad SMARTS) is 1. The van der Waals surface area contributed by atoms with Crippen molar-refractivity contribution in [1.29, 1.82) is 0 Å². The fourth-order valence-electron chi connectivity index (χ4n) is 4.43. The van der Waals surface area contributed by atoms with E-state index in [1.807, 2.05) is 48.5 Å². The van der Waals surface area contributed by atoms with E-state index in [4.69, 9.17) is 18.9 Å². The lowest BCUT2D eigenvalue weighted by Gasteiger charge is -2.37. The Kier molecular flexibility index (Phi) is 8.41. The maximum absolute atomic E-state index is 11.7. The number of aromatic hydroxyl groups is 1. The summed E-state index contributed by atoms with van der Waals surface area (Å²) in [4.78, 5) is 13.0. The number of carbonyl (C=O) groups is 1. The van der Waals surface area contributed by atoms with Crippen LogP contribution in [0.3, 0.4) is 0 Å². The first kappa shape index (κ1) is 24.8. The molecule has 8 heteroatoms. The van der Waals surface area contributed by atoms with Gasteiger partial charge in [-0.05, 0) is 29.5 Å². The number of phenols is 1. The van der Waals surface area contributed by atoms with E-state index in [1.165, 1.54) is 4.90 Å². The predicted octanol–water partition coefficient (Wildman–Crippen LogP) is 4.60. The van der Waals surface area contributed by atoms with Crippen LogP contribution in [0.1, 0.15) is 23.5 Å². The Labute approximate surface area is 204 Å². The van der Waals surface area contributed by atoms with Crippen LogP contribution in [0.2, 0.25) is 0 Å². The number of hydrogen-bond donors (Lipinski definition) is 2. The number of fused-ring (bicyclic) bond motifs is 1. The zero-order valence-corrected chi connectivity index (χ0v) is 19.8. The standard InChI is InChI=1S/C27H31NO7/c1-32-14-15-33-18-35-26-21(7-6-19-4-2-3-5-24(19)26)17-34-25-16-28(27(30)31)13-12-23(25)20-8-10-22(29)11-9-20/h2-11,23,25,29H,12-18H2,1H3,(H,30,31). The summed E-state index contributed by atoms with van der Waals surface area (Å²) in [7, 11) is 1.62. The molecule has 3 aromatic rings. The Bertz CT molecular complexity index is 1120. The molecule has 0 saturated carbocycles. The zero-order valence-electron chi connectivity index (χ0n) is 19.8. The van der Waals surface area contributed by atoms with E-state index < -0.39 is 6.09 Å². The van der Waals surface area contributed by atoms with E-state index in [0.717, 1.165) is 21.9 Å². The normalized spacial score (nSPS) is 18.0. The summed E-state index contributed by atoms with van der Waals surface area (Å²) in [6.45, 7) is 1.94. The molecule has 2 unspecified atom stereocenters. The minimum absolute atomic E-state index is 0.00778. The van der Waals surface area contributed by atoms with Crippen molar-refractivity contribution in [3.05, 3.63) is 71.8 Å². The van der Waals surface area contributed by atoms with E-state index in [-0.39, 0.29) is 37.7 Å². The Morgan fingerprint density at radius 2 is 1.86 bits per heavy atom. The third-order valence-electron chi connectivity index (χ3n) is 6.28. The molecule has 4 rings (SSSR count). The van der Waals surface area contributed by atoms with Gasteiger partial charge in [0.15, 0.2) is 6.79 Å². The van der Waals surface area contributed by atoms with Gasteiger partial charge >= 0.3 is 6.09 Å². The average molecular weight is 482 g/mol. The van der Waals surface area contributed by atoms with Gasteiger partial charge in [0, 0.05) is 30.5 Å². The third-order valence-corrected chi connectivity index (χ3v) is 6.28. The molecular formula is C27H31NO7. The van der Waals surface area contributed by atoms with Crippen molar-refractivity contribution in [2.75, 3.05) is 40.2 Å². The molecule has 0 spiro atoms. The molecule has 2 N–H and O–H groups in total. The van der Waals surface area contributed by atoms with Gasteiger partial charge in [-0.25, -0.2) is 4.79 Å². The van der Waals surface area contributed by atoms with Gasteiger partial charge in [-0.1, -0.05) is 48.5 Å². The number of nitrogens with zero attached hydrogens (tertiary/aromatic N) is 1. The van der Waals surface area contributed by atoms with Crippen LogP contribution in [-0.2, 0) is 20.8 Å². The number of methoxy groups -OCH3 is 1. The summed E-state index contributed by atoms with van der Waals surface area (Å²) in [6, 6.07) is 19.0. The molecule has 0 aromatic heterocycles. The maximum atomic E-state index is 11.7. The Balaban J connectivity index is 1.54. The number of likely N-dealkylation sites (tertiary alicyclic amines) is 1. The monoisotopic (exact) mass is 481 g/mol. The quantitative estimate of drug-likeness (QED) is 0.323. The molecule has 1 amide bonds. The number of ether oxygens (including phenoxy) is 4. The second kappa shape index (κ2) is 11.9. The molecule has 1 fully saturated rings. The smallest absolute Gasteiger partial charge is 0.407 e. The highest BCUT2D eigenvalue weighted by atomic mass is 16.7. The van der Waals surface area contributed by atoms with Gasteiger partial charge in [-0.3, -0.25) is 0 Å². The highest BCUT2D eigenvalue weighted by molar-refractivity contribution is 5.89.